The Hall–Kier alpha value is -2.10. The lowest BCUT2D eigenvalue weighted by Crippen LogP contribution is -1.99. The average Bonchev–Trinajstić information content (AvgIpc) is 2.86. The van der Waals surface area contributed by atoms with Crippen molar-refractivity contribution >= 4 is 5.69 Å². The minimum absolute atomic E-state index is 0.379. The van der Waals surface area contributed by atoms with E-state index in [1.165, 1.54) is 0 Å². The van der Waals surface area contributed by atoms with Crippen molar-refractivity contribution in [3.63, 3.8) is 0 Å². The molecule has 0 spiro atoms. The Balaban J connectivity index is 2.00. The topological polar surface area (TPSA) is 57.6 Å². The fraction of sp³-hybridized carbons (Fsp3) is 0.286. The van der Waals surface area contributed by atoms with E-state index >= 15 is 0 Å². The normalized spacial score (nSPS) is 10.3. The van der Waals surface area contributed by atoms with Crippen LogP contribution in [0.4, 0.5) is 5.69 Å². The van der Waals surface area contributed by atoms with Gasteiger partial charge < -0.3 is 19.6 Å². The molecule has 1 aromatic carbocycles. The summed E-state index contributed by atoms with van der Waals surface area (Å²) in [5.41, 5.74) is 6.42. The van der Waals surface area contributed by atoms with Gasteiger partial charge in [0.25, 0.3) is 0 Å². The van der Waals surface area contributed by atoms with Gasteiger partial charge in [-0.2, -0.15) is 0 Å². The molecule has 0 aliphatic heterocycles. The molecule has 4 heteroatoms. The smallest absolute Gasteiger partial charge is 0.146 e. The van der Waals surface area contributed by atoms with Gasteiger partial charge in [0, 0.05) is 23.9 Å². The lowest BCUT2D eigenvalue weighted by molar-refractivity contribution is 0.266. The van der Waals surface area contributed by atoms with Crippen LogP contribution in [0.3, 0.4) is 0 Å². The van der Waals surface area contributed by atoms with E-state index in [4.69, 9.17) is 19.6 Å². The Bertz CT molecular complexity index is 480. The molecule has 0 aliphatic rings. The van der Waals surface area contributed by atoms with Crippen molar-refractivity contribution in [2.24, 2.45) is 0 Å². The molecule has 0 saturated heterocycles. The molecule has 96 valence electrons. The minimum atomic E-state index is 0.379. The Morgan fingerprint density at radius 1 is 1.17 bits per heavy atom. The predicted molar refractivity (Wildman–Crippen MR) is 69.7 cm³/mol. The predicted octanol–water partition coefficient (Wildman–Crippen LogP) is 3.23. The Morgan fingerprint density at radius 2 is 1.94 bits per heavy atom. The molecular weight excluding hydrogens is 230 g/mol. The van der Waals surface area contributed by atoms with Crippen LogP contribution in [-0.4, -0.2) is 6.61 Å². The third-order valence-electron chi connectivity index (χ3n) is 2.34. The first-order valence-electron chi connectivity index (χ1n) is 5.96. The zero-order valence-corrected chi connectivity index (χ0v) is 10.4. The standard InChI is InChI=1S/C14H17NO3/c1-2-5-16-13-7-11(15)8-14(9-13)18-10-12-4-3-6-17-12/h3-4,6-9H,2,5,10,15H2,1H3. The molecule has 0 radical (unpaired) electrons. The van der Waals surface area contributed by atoms with E-state index in [-0.39, 0.29) is 0 Å². The summed E-state index contributed by atoms with van der Waals surface area (Å²) >= 11 is 0. The van der Waals surface area contributed by atoms with E-state index in [1.807, 2.05) is 18.2 Å². The number of hydrogen-bond acceptors (Lipinski definition) is 4. The van der Waals surface area contributed by atoms with Crippen LogP contribution in [0.15, 0.2) is 41.0 Å². The van der Waals surface area contributed by atoms with Gasteiger partial charge in [0.2, 0.25) is 0 Å². The molecule has 4 nitrogen and oxygen atoms in total. The van der Waals surface area contributed by atoms with Gasteiger partial charge in [0.1, 0.15) is 23.9 Å². The second-order valence-corrected chi connectivity index (χ2v) is 3.95. The third-order valence-corrected chi connectivity index (χ3v) is 2.34. The highest BCUT2D eigenvalue weighted by molar-refractivity contribution is 5.50. The summed E-state index contributed by atoms with van der Waals surface area (Å²) in [6.07, 6.45) is 2.57. The highest BCUT2D eigenvalue weighted by atomic mass is 16.5. The number of furan rings is 1. The quantitative estimate of drug-likeness (QED) is 0.796. The summed E-state index contributed by atoms with van der Waals surface area (Å²) in [6.45, 7) is 3.10. The van der Waals surface area contributed by atoms with E-state index in [0.29, 0.717) is 24.7 Å². The van der Waals surface area contributed by atoms with Gasteiger partial charge in [-0.3, -0.25) is 0 Å². The number of anilines is 1. The van der Waals surface area contributed by atoms with Crippen molar-refractivity contribution in [1.82, 2.24) is 0 Å². The summed E-state index contributed by atoms with van der Waals surface area (Å²) in [5.74, 6) is 2.18. The molecular formula is C14H17NO3. The van der Waals surface area contributed by atoms with Gasteiger partial charge in [0.15, 0.2) is 0 Å². The van der Waals surface area contributed by atoms with Gasteiger partial charge in [-0.05, 0) is 18.6 Å². The summed E-state index contributed by atoms with van der Waals surface area (Å²) in [7, 11) is 0. The number of rotatable bonds is 6. The maximum atomic E-state index is 5.80. The number of benzene rings is 1. The van der Waals surface area contributed by atoms with Crippen LogP contribution < -0.4 is 15.2 Å². The molecule has 18 heavy (non-hydrogen) atoms. The molecule has 2 aromatic rings. The molecule has 0 bridgehead atoms. The van der Waals surface area contributed by atoms with Gasteiger partial charge in [0.05, 0.1) is 12.9 Å². The third kappa shape index (κ3) is 3.45. The first kappa shape index (κ1) is 12.4. The van der Waals surface area contributed by atoms with E-state index in [2.05, 4.69) is 6.92 Å². The molecule has 1 aromatic heterocycles. The fourth-order valence-electron chi connectivity index (χ4n) is 1.53. The molecule has 2 N–H and O–H groups in total. The van der Waals surface area contributed by atoms with E-state index < -0.39 is 0 Å². The van der Waals surface area contributed by atoms with Crippen LogP contribution in [0.1, 0.15) is 19.1 Å². The number of hydrogen-bond donors (Lipinski definition) is 1. The van der Waals surface area contributed by atoms with Crippen molar-refractivity contribution in [2.45, 2.75) is 20.0 Å². The lowest BCUT2D eigenvalue weighted by Gasteiger charge is -2.09. The van der Waals surface area contributed by atoms with Crippen LogP contribution in [0.5, 0.6) is 11.5 Å². The lowest BCUT2D eigenvalue weighted by atomic mass is 10.3. The SMILES string of the molecule is CCCOc1cc(N)cc(OCc2ccco2)c1. The number of ether oxygens (including phenoxy) is 2. The van der Waals surface area contributed by atoms with Crippen molar-refractivity contribution in [2.75, 3.05) is 12.3 Å². The molecule has 2 rings (SSSR count). The highest BCUT2D eigenvalue weighted by Gasteiger charge is 2.03. The van der Waals surface area contributed by atoms with Crippen LogP contribution in [-0.2, 0) is 6.61 Å². The second-order valence-electron chi connectivity index (χ2n) is 3.95. The summed E-state index contributed by atoms with van der Waals surface area (Å²) in [5, 5.41) is 0. The Morgan fingerprint density at radius 3 is 2.61 bits per heavy atom. The Kier molecular flexibility index (Phi) is 4.12. The van der Waals surface area contributed by atoms with Crippen molar-refractivity contribution in [3.05, 3.63) is 42.4 Å². The maximum Gasteiger partial charge on any atom is 0.146 e. The summed E-state index contributed by atoms with van der Waals surface area (Å²) in [4.78, 5) is 0. The zero-order valence-electron chi connectivity index (χ0n) is 10.4. The largest absolute Gasteiger partial charge is 0.493 e. The molecule has 0 fully saturated rings. The summed E-state index contributed by atoms with van der Waals surface area (Å²) in [6, 6.07) is 9.07. The number of nitrogens with two attached hydrogens (primary N) is 1. The molecule has 0 unspecified atom stereocenters. The average molecular weight is 247 g/mol. The van der Waals surface area contributed by atoms with Gasteiger partial charge >= 0.3 is 0 Å². The van der Waals surface area contributed by atoms with E-state index in [0.717, 1.165) is 17.9 Å². The van der Waals surface area contributed by atoms with Gasteiger partial charge in [-0.15, -0.1) is 0 Å². The van der Waals surface area contributed by atoms with Crippen molar-refractivity contribution in [3.8, 4) is 11.5 Å². The van der Waals surface area contributed by atoms with Gasteiger partial charge in [-0.1, -0.05) is 6.92 Å². The molecule has 1 heterocycles. The highest BCUT2D eigenvalue weighted by Crippen LogP contribution is 2.25. The maximum absolute atomic E-state index is 5.80. The van der Waals surface area contributed by atoms with Gasteiger partial charge in [-0.25, -0.2) is 0 Å². The first-order chi connectivity index (χ1) is 8.78. The number of nitrogen functional groups attached to an aromatic ring is 1. The monoisotopic (exact) mass is 247 g/mol. The fourth-order valence-corrected chi connectivity index (χ4v) is 1.53. The van der Waals surface area contributed by atoms with Crippen LogP contribution in [0, 0.1) is 0 Å². The molecule has 0 atom stereocenters. The van der Waals surface area contributed by atoms with Crippen molar-refractivity contribution < 1.29 is 13.9 Å². The van der Waals surface area contributed by atoms with Crippen LogP contribution in [0.25, 0.3) is 0 Å². The second kappa shape index (κ2) is 6.00. The summed E-state index contributed by atoms with van der Waals surface area (Å²) < 4.78 is 16.3. The van der Waals surface area contributed by atoms with Crippen LogP contribution in [0.2, 0.25) is 0 Å². The van der Waals surface area contributed by atoms with Crippen molar-refractivity contribution in [1.29, 1.82) is 0 Å². The van der Waals surface area contributed by atoms with E-state index in [1.54, 1.807) is 18.4 Å². The Labute approximate surface area is 106 Å². The molecule has 0 saturated carbocycles. The van der Waals surface area contributed by atoms with E-state index in [9.17, 15) is 0 Å². The minimum Gasteiger partial charge on any atom is -0.493 e. The zero-order chi connectivity index (χ0) is 12.8. The molecule has 0 aliphatic carbocycles. The first-order valence-corrected chi connectivity index (χ1v) is 5.96. The van der Waals surface area contributed by atoms with Crippen LogP contribution >= 0.6 is 0 Å². The molecule has 0 amide bonds.